The molecule has 3 heterocycles. The van der Waals surface area contributed by atoms with Crippen molar-refractivity contribution in [1.82, 2.24) is 14.3 Å². The molecule has 3 aliphatic rings. The van der Waals surface area contributed by atoms with Gasteiger partial charge in [-0.1, -0.05) is 122 Å². The second-order valence-electron chi connectivity index (χ2n) is 20.8. The van der Waals surface area contributed by atoms with Crippen LogP contribution < -0.4 is 39.5 Å². The summed E-state index contributed by atoms with van der Waals surface area (Å²) in [4.78, 5) is 24.7. The number of rotatable bonds is 30. The fourth-order valence-corrected chi connectivity index (χ4v) is 11.9. The molecule has 470 valence electrons. The van der Waals surface area contributed by atoms with Gasteiger partial charge in [-0.05, 0) is 109 Å². The molecule has 0 bridgehead atoms. The molecule has 1 fully saturated rings. The maximum atomic E-state index is 13.9. The zero-order valence-electron chi connectivity index (χ0n) is 49.2. The minimum absolute atomic E-state index is 0.0196. The van der Waals surface area contributed by atoms with Crippen LogP contribution in [0.5, 0.6) is 34.5 Å². The first-order chi connectivity index (χ1) is 42.0. The lowest BCUT2D eigenvalue weighted by Crippen LogP contribution is -2.52. The molecule has 0 unspecified atom stereocenters. The molecule has 5 N–H and O–H groups in total. The van der Waals surface area contributed by atoms with E-state index in [4.69, 9.17) is 58.0 Å². The predicted molar refractivity (Wildman–Crippen MR) is 320 cm³/mol. The first kappa shape index (κ1) is 65.9. The zero-order valence-corrected chi connectivity index (χ0v) is 50.9. The van der Waals surface area contributed by atoms with Gasteiger partial charge >= 0.3 is 6.09 Å². The number of hydroxylamine groups is 2. The van der Waals surface area contributed by atoms with Crippen LogP contribution in [-0.2, 0) is 70.0 Å². The average Bonchev–Trinajstić information content (AvgIpc) is 2.76. The van der Waals surface area contributed by atoms with Gasteiger partial charge < -0.3 is 63.9 Å². The van der Waals surface area contributed by atoms with E-state index in [0.717, 1.165) is 36.9 Å². The number of nitrogens with one attached hydrogen (secondary N) is 1. The van der Waals surface area contributed by atoms with E-state index in [1.165, 1.54) is 30.3 Å². The number of hydrogen-bond acceptors (Lipinski definition) is 19. The Morgan fingerprint density at radius 3 is 1.43 bits per heavy atom. The lowest BCUT2D eigenvalue weighted by Gasteiger charge is -2.31. The number of ether oxygens (including phenoxy) is 9. The number of nitrogens with zero attached hydrogens (tertiary/aromatic N) is 2. The van der Waals surface area contributed by atoms with Gasteiger partial charge in [0.15, 0.2) is 29.1 Å². The van der Waals surface area contributed by atoms with Crippen LogP contribution in [-0.4, -0.2) is 131 Å². The molecule has 6 aromatic carbocycles. The van der Waals surface area contributed by atoms with E-state index in [9.17, 15) is 31.8 Å². The van der Waals surface area contributed by atoms with E-state index >= 15 is 0 Å². The molecule has 0 aromatic heterocycles. The predicted octanol–water partition coefficient (Wildman–Crippen LogP) is 8.21. The van der Waals surface area contributed by atoms with Crippen LogP contribution in [0.4, 0.5) is 4.79 Å². The van der Waals surface area contributed by atoms with E-state index in [1.54, 1.807) is 18.2 Å². The van der Waals surface area contributed by atoms with Gasteiger partial charge in [0, 0.05) is 18.2 Å². The van der Waals surface area contributed by atoms with Crippen LogP contribution >= 0.6 is 0 Å². The number of aliphatic hydroxyl groups is 2. The molecule has 3 aliphatic heterocycles. The highest BCUT2D eigenvalue weighted by Gasteiger charge is 2.36. The van der Waals surface area contributed by atoms with Crippen LogP contribution in [0.15, 0.2) is 155 Å². The number of carbonyl (C=O) groups excluding carboxylic acids is 1. The molecule has 0 aliphatic carbocycles. The molecule has 22 nitrogen and oxygen atoms in total. The highest BCUT2D eigenvalue weighted by Crippen LogP contribution is 2.37. The van der Waals surface area contributed by atoms with Gasteiger partial charge in [0.05, 0.1) is 66.6 Å². The van der Waals surface area contributed by atoms with Crippen molar-refractivity contribution in [2.45, 2.75) is 132 Å². The number of alkyl carbamates (subject to hydrolysis) is 1. The van der Waals surface area contributed by atoms with Gasteiger partial charge in [-0.25, -0.2) is 21.6 Å². The van der Waals surface area contributed by atoms with Gasteiger partial charge in [0.25, 0.3) is 20.0 Å². The third-order valence-corrected chi connectivity index (χ3v) is 17.7. The summed E-state index contributed by atoms with van der Waals surface area (Å²) in [5.74, 6) is 2.88. The maximum Gasteiger partial charge on any atom is 0.407 e. The minimum Gasteiger partial charge on any atom is -0.489 e. The number of nitrogens with two attached hydrogens (primary N) is 1. The van der Waals surface area contributed by atoms with Gasteiger partial charge in [0.2, 0.25) is 13.6 Å². The molecule has 4 atom stereocenters. The Morgan fingerprint density at radius 1 is 0.552 bits per heavy atom. The van der Waals surface area contributed by atoms with Crippen molar-refractivity contribution in [3.8, 4) is 34.5 Å². The Balaban J connectivity index is 0.000000231. The summed E-state index contributed by atoms with van der Waals surface area (Å²) in [5.41, 5.74) is 10.1. The highest BCUT2D eigenvalue weighted by molar-refractivity contribution is 7.89. The normalized spacial score (nSPS) is 15.4. The van der Waals surface area contributed by atoms with E-state index in [0.29, 0.717) is 68.3 Å². The molecule has 9 rings (SSSR count). The molecule has 0 spiro atoms. The number of sulfonamides is 2. The van der Waals surface area contributed by atoms with E-state index in [-0.39, 0.29) is 68.2 Å². The Hall–Kier alpha value is -7.07. The van der Waals surface area contributed by atoms with Crippen molar-refractivity contribution in [1.29, 1.82) is 0 Å². The quantitative estimate of drug-likeness (QED) is 0.0309. The van der Waals surface area contributed by atoms with Crippen LogP contribution in [0.25, 0.3) is 0 Å². The van der Waals surface area contributed by atoms with Crippen LogP contribution in [0, 0.1) is 0 Å². The van der Waals surface area contributed by atoms with Crippen molar-refractivity contribution in [3.63, 3.8) is 0 Å². The molecular weight excluding hydrogens is 1160 g/mol. The molecular formula is C63H78N4O18S2. The van der Waals surface area contributed by atoms with E-state index in [2.05, 4.69) is 5.32 Å². The fraction of sp³-hybridized carbons (Fsp3) is 0.413. The van der Waals surface area contributed by atoms with Gasteiger partial charge in [-0.3, -0.25) is 9.68 Å². The van der Waals surface area contributed by atoms with Gasteiger partial charge in [0.1, 0.15) is 31.5 Å². The topological polar surface area (TPSA) is 272 Å². The summed E-state index contributed by atoms with van der Waals surface area (Å²) in [6.07, 6.45) is -2.14. The third-order valence-electron chi connectivity index (χ3n) is 14.4. The lowest BCUT2D eigenvalue weighted by molar-refractivity contribution is -0.153. The summed E-state index contributed by atoms with van der Waals surface area (Å²) in [6.45, 7) is 8.06. The first-order valence-electron chi connectivity index (χ1n) is 29.0. The SMILES string of the molecule is CCC(CC)ON(C[C@@H](O)[C@@H](N)Cc1ccc(OCc2ccccc2)cc1)S(=O)(=O)c1ccc2c(c1)OCO2.CCC(CC)ON(C[C@@H](O)[C@H](Cc1ccc(OCc2ccccc2)cc1)NC(=O)OC1COCOC1)S(=O)(=O)c1ccc2c(c1)OCO2. The van der Waals surface area contributed by atoms with Crippen LogP contribution in [0.3, 0.4) is 0 Å². The lowest BCUT2D eigenvalue weighted by atomic mass is 10.0. The van der Waals surface area contributed by atoms with Crippen molar-refractivity contribution in [2.24, 2.45) is 5.73 Å². The number of benzene rings is 6. The Bertz CT molecular complexity index is 3300. The summed E-state index contributed by atoms with van der Waals surface area (Å²) in [7, 11) is -8.43. The number of fused-ring (bicyclic) bond motifs is 2. The van der Waals surface area contributed by atoms with Crippen LogP contribution in [0.1, 0.15) is 75.6 Å². The highest BCUT2D eigenvalue weighted by atomic mass is 32.2. The largest absolute Gasteiger partial charge is 0.489 e. The molecule has 1 amide bonds. The Labute approximate surface area is 508 Å². The molecule has 24 heteroatoms. The van der Waals surface area contributed by atoms with Crippen molar-refractivity contribution in [2.75, 3.05) is 46.7 Å². The minimum atomic E-state index is -4.30. The van der Waals surface area contributed by atoms with Crippen molar-refractivity contribution < 1.29 is 84.2 Å². The standard InChI is InChI=1S/C34H42N2O11S.C29H36N2O7S/c1-3-26(4-2)47-36(48(39,40)29-14-15-32-33(17-29)45-23-44-32)18-31(37)30(35-34(38)46-28-20-41-22-42-21-28)16-24-10-12-27(13-11-24)43-19-25-8-6-5-7-9-25;1-3-23(4-2)38-31(39(33,34)25-14-15-28-29(17-25)37-20-36-28)18-27(32)26(30)16-21-10-12-24(13-11-21)35-19-22-8-6-5-7-9-22/h5-15,17,26,28,30-31,37H,3-4,16,18-23H2,1-2H3,(H,35,38);5-15,17,23,26-27,32H,3-4,16,18-20,30H2,1-2H3/t30-,31+;26-,27+/m00/s1. The van der Waals surface area contributed by atoms with Crippen molar-refractivity contribution in [3.05, 3.63) is 168 Å². The summed E-state index contributed by atoms with van der Waals surface area (Å²) >= 11 is 0. The molecule has 87 heavy (non-hydrogen) atoms. The Kier molecular flexibility index (Phi) is 24.4. The number of aliphatic hydroxyl groups excluding tert-OH is 2. The summed E-state index contributed by atoms with van der Waals surface area (Å²) in [5, 5.41) is 25.3. The second kappa shape index (κ2) is 32.2. The number of carbonyl (C=O) groups is 1. The maximum absolute atomic E-state index is 13.9. The smallest absolute Gasteiger partial charge is 0.407 e. The third kappa shape index (κ3) is 19.0. The zero-order chi connectivity index (χ0) is 61.8. The van der Waals surface area contributed by atoms with Crippen LogP contribution in [0.2, 0.25) is 0 Å². The fourth-order valence-electron chi connectivity index (χ4n) is 9.22. The number of amides is 1. The van der Waals surface area contributed by atoms with Gasteiger partial charge in [-0.2, -0.15) is 0 Å². The molecule has 0 radical (unpaired) electrons. The Morgan fingerprint density at radius 2 is 0.977 bits per heavy atom. The van der Waals surface area contributed by atoms with Crippen molar-refractivity contribution >= 4 is 26.1 Å². The molecule has 6 aromatic rings. The second-order valence-corrected chi connectivity index (χ2v) is 24.4. The first-order valence-corrected chi connectivity index (χ1v) is 31.9. The summed E-state index contributed by atoms with van der Waals surface area (Å²) < 4.78 is 106. The molecule has 1 saturated heterocycles. The van der Waals surface area contributed by atoms with E-state index in [1.807, 2.05) is 125 Å². The van der Waals surface area contributed by atoms with Gasteiger partial charge in [-0.15, -0.1) is 0 Å². The molecule has 0 saturated carbocycles. The number of hydrogen-bond donors (Lipinski definition) is 4. The summed E-state index contributed by atoms with van der Waals surface area (Å²) in [6, 6.07) is 41.2. The average molecular weight is 1240 g/mol. The van der Waals surface area contributed by atoms with E-state index < -0.39 is 69.2 Å². The monoisotopic (exact) mass is 1240 g/mol.